The van der Waals surface area contributed by atoms with Crippen LogP contribution in [0.4, 0.5) is 4.39 Å². The topological polar surface area (TPSA) is 33.2 Å². The molecule has 0 bridgehead atoms. The predicted molar refractivity (Wildman–Crippen MR) is 82.6 cm³/mol. The summed E-state index contributed by atoms with van der Waals surface area (Å²) in [5.41, 5.74) is 1.80. The summed E-state index contributed by atoms with van der Waals surface area (Å²) in [5, 5.41) is 0. The predicted octanol–water partition coefficient (Wildman–Crippen LogP) is 3.52. The zero-order valence-corrected chi connectivity index (χ0v) is 12.4. The number of piperidine rings is 1. The van der Waals surface area contributed by atoms with Gasteiger partial charge >= 0.3 is 0 Å². The number of hydrogen-bond acceptors (Lipinski definition) is 2. The summed E-state index contributed by atoms with van der Waals surface area (Å²) in [5.74, 6) is -0.162. The van der Waals surface area contributed by atoms with E-state index >= 15 is 0 Å². The molecule has 0 N–H and O–H groups in total. The molecule has 1 aliphatic rings. The Kier molecular flexibility index (Phi) is 4.47. The normalized spacial score (nSPS) is 18.2. The van der Waals surface area contributed by atoms with Gasteiger partial charge < -0.3 is 4.90 Å². The zero-order chi connectivity index (χ0) is 15.4. The number of benzene rings is 1. The molecular formula is C18H19FN2O. The second-order valence-electron chi connectivity index (χ2n) is 5.69. The first kappa shape index (κ1) is 14.7. The quantitative estimate of drug-likeness (QED) is 0.868. The molecule has 3 rings (SSSR count). The molecule has 1 aliphatic heterocycles. The Balaban J connectivity index is 1.79. The maximum Gasteiger partial charge on any atom is 0.227 e. The molecular weight excluding hydrogens is 279 g/mol. The highest BCUT2D eigenvalue weighted by Crippen LogP contribution is 2.31. The van der Waals surface area contributed by atoms with Crippen molar-refractivity contribution in [2.24, 2.45) is 0 Å². The Morgan fingerprint density at radius 1 is 1.27 bits per heavy atom. The van der Waals surface area contributed by atoms with Gasteiger partial charge in [-0.2, -0.15) is 0 Å². The number of carbonyl (C=O) groups excluding carboxylic acids is 1. The summed E-state index contributed by atoms with van der Waals surface area (Å²) >= 11 is 0. The summed E-state index contributed by atoms with van der Waals surface area (Å²) in [7, 11) is 0. The molecule has 3 nitrogen and oxygen atoms in total. The Morgan fingerprint density at radius 3 is 2.95 bits per heavy atom. The van der Waals surface area contributed by atoms with Crippen molar-refractivity contribution in [2.75, 3.05) is 6.54 Å². The number of hydrogen-bond donors (Lipinski definition) is 0. The molecule has 0 saturated carbocycles. The average molecular weight is 298 g/mol. The van der Waals surface area contributed by atoms with E-state index in [0.717, 1.165) is 36.9 Å². The van der Waals surface area contributed by atoms with E-state index in [-0.39, 0.29) is 17.8 Å². The van der Waals surface area contributed by atoms with Gasteiger partial charge in [-0.25, -0.2) is 4.39 Å². The summed E-state index contributed by atoms with van der Waals surface area (Å²) in [6.45, 7) is 0.736. The van der Waals surface area contributed by atoms with Crippen LogP contribution in [0.25, 0.3) is 0 Å². The van der Waals surface area contributed by atoms with Crippen LogP contribution < -0.4 is 0 Å². The second-order valence-corrected chi connectivity index (χ2v) is 5.69. The van der Waals surface area contributed by atoms with Crippen LogP contribution in [0.5, 0.6) is 0 Å². The van der Waals surface area contributed by atoms with Crippen molar-refractivity contribution in [3.05, 3.63) is 65.7 Å². The van der Waals surface area contributed by atoms with Crippen molar-refractivity contribution >= 4 is 5.91 Å². The van der Waals surface area contributed by atoms with Gasteiger partial charge in [0.05, 0.1) is 12.5 Å². The van der Waals surface area contributed by atoms with Crippen LogP contribution in [0.3, 0.4) is 0 Å². The minimum Gasteiger partial charge on any atom is -0.335 e. The fourth-order valence-electron chi connectivity index (χ4n) is 3.07. The van der Waals surface area contributed by atoms with Crippen molar-refractivity contribution in [1.29, 1.82) is 0 Å². The van der Waals surface area contributed by atoms with E-state index in [1.807, 2.05) is 23.1 Å². The zero-order valence-electron chi connectivity index (χ0n) is 12.4. The van der Waals surface area contributed by atoms with Crippen molar-refractivity contribution in [1.82, 2.24) is 9.88 Å². The fraction of sp³-hybridized carbons (Fsp3) is 0.333. The van der Waals surface area contributed by atoms with E-state index < -0.39 is 0 Å². The lowest BCUT2D eigenvalue weighted by Gasteiger charge is -2.36. The smallest absolute Gasteiger partial charge is 0.227 e. The van der Waals surface area contributed by atoms with Crippen molar-refractivity contribution in [3.63, 3.8) is 0 Å². The highest BCUT2D eigenvalue weighted by molar-refractivity contribution is 5.79. The van der Waals surface area contributed by atoms with Crippen LogP contribution in [0.2, 0.25) is 0 Å². The highest BCUT2D eigenvalue weighted by Gasteiger charge is 2.28. The van der Waals surface area contributed by atoms with Gasteiger partial charge in [0.1, 0.15) is 5.82 Å². The summed E-state index contributed by atoms with van der Waals surface area (Å²) in [6.07, 6.45) is 6.73. The number of likely N-dealkylation sites (tertiary alicyclic amines) is 1. The Labute approximate surface area is 129 Å². The lowest BCUT2D eigenvalue weighted by Crippen LogP contribution is -2.39. The summed E-state index contributed by atoms with van der Waals surface area (Å²) in [4.78, 5) is 18.6. The molecule has 1 amide bonds. The molecule has 114 valence electrons. The molecule has 0 aliphatic carbocycles. The van der Waals surface area contributed by atoms with Crippen LogP contribution in [-0.2, 0) is 11.2 Å². The molecule has 2 aromatic rings. The van der Waals surface area contributed by atoms with Crippen LogP contribution in [0.15, 0.2) is 48.8 Å². The maximum absolute atomic E-state index is 13.5. The Morgan fingerprint density at radius 2 is 2.18 bits per heavy atom. The highest BCUT2D eigenvalue weighted by atomic mass is 19.1. The number of halogens is 1. The van der Waals surface area contributed by atoms with Crippen LogP contribution in [0, 0.1) is 5.82 Å². The monoisotopic (exact) mass is 298 g/mol. The molecule has 1 atom stereocenters. The van der Waals surface area contributed by atoms with Gasteiger partial charge in [-0.1, -0.05) is 18.2 Å². The summed E-state index contributed by atoms with van der Waals surface area (Å²) < 4.78 is 13.5. The van der Waals surface area contributed by atoms with E-state index in [4.69, 9.17) is 0 Å². The standard InChI is InChI=1S/C18H19FN2O/c19-16-7-3-6-15(12-16)17-8-1-2-10-21(17)18(22)11-14-5-4-9-20-13-14/h3-7,9,12-13,17H,1-2,8,10-11H2/t17-/m0/s1. The molecule has 0 spiro atoms. The third-order valence-corrected chi connectivity index (χ3v) is 4.13. The number of aromatic nitrogens is 1. The van der Waals surface area contributed by atoms with Crippen molar-refractivity contribution in [3.8, 4) is 0 Å². The lowest BCUT2D eigenvalue weighted by molar-refractivity contribution is -0.134. The van der Waals surface area contributed by atoms with Gasteiger partial charge in [0.25, 0.3) is 0 Å². The van der Waals surface area contributed by atoms with Crippen molar-refractivity contribution in [2.45, 2.75) is 31.7 Å². The minimum absolute atomic E-state index is 0.0198. The fourth-order valence-corrected chi connectivity index (χ4v) is 3.07. The number of rotatable bonds is 3. The maximum atomic E-state index is 13.5. The van der Waals surface area contributed by atoms with Crippen molar-refractivity contribution < 1.29 is 9.18 Å². The molecule has 1 aromatic carbocycles. The van der Waals surface area contributed by atoms with E-state index in [1.165, 1.54) is 6.07 Å². The van der Waals surface area contributed by atoms with E-state index in [9.17, 15) is 9.18 Å². The molecule has 1 aromatic heterocycles. The molecule has 0 unspecified atom stereocenters. The third-order valence-electron chi connectivity index (χ3n) is 4.13. The number of nitrogens with zero attached hydrogens (tertiary/aromatic N) is 2. The minimum atomic E-state index is -0.247. The first-order valence-electron chi connectivity index (χ1n) is 7.68. The van der Waals surface area contributed by atoms with E-state index in [2.05, 4.69) is 4.98 Å². The van der Waals surface area contributed by atoms with E-state index in [1.54, 1.807) is 24.5 Å². The van der Waals surface area contributed by atoms with Gasteiger partial charge in [0.15, 0.2) is 0 Å². The van der Waals surface area contributed by atoms with Crippen LogP contribution in [-0.4, -0.2) is 22.3 Å². The summed E-state index contributed by atoms with van der Waals surface area (Å²) in [6, 6.07) is 10.3. The van der Waals surface area contributed by atoms with Gasteiger partial charge in [0, 0.05) is 18.9 Å². The molecule has 4 heteroatoms. The molecule has 1 saturated heterocycles. The Bertz CT molecular complexity index is 645. The molecule has 1 fully saturated rings. The number of carbonyl (C=O) groups is 1. The third kappa shape index (κ3) is 3.32. The largest absolute Gasteiger partial charge is 0.335 e. The second kappa shape index (κ2) is 6.69. The van der Waals surface area contributed by atoms with Crippen LogP contribution in [0.1, 0.15) is 36.4 Å². The average Bonchev–Trinajstić information content (AvgIpc) is 2.56. The molecule has 2 heterocycles. The number of pyridine rings is 1. The molecule has 0 radical (unpaired) electrons. The van der Waals surface area contributed by atoms with Gasteiger partial charge in [-0.05, 0) is 48.6 Å². The Hall–Kier alpha value is -2.23. The van der Waals surface area contributed by atoms with Gasteiger partial charge in [-0.15, -0.1) is 0 Å². The molecule has 22 heavy (non-hydrogen) atoms. The SMILES string of the molecule is O=C(Cc1cccnc1)N1CCCC[C@H]1c1cccc(F)c1. The lowest BCUT2D eigenvalue weighted by atomic mass is 9.94. The first-order valence-corrected chi connectivity index (χ1v) is 7.68. The van der Waals surface area contributed by atoms with E-state index in [0.29, 0.717) is 6.42 Å². The van der Waals surface area contributed by atoms with Gasteiger partial charge in [-0.3, -0.25) is 9.78 Å². The first-order chi connectivity index (χ1) is 10.7. The van der Waals surface area contributed by atoms with Crippen LogP contribution >= 0.6 is 0 Å². The number of amides is 1. The van der Waals surface area contributed by atoms with Gasteiger partial charge in [0.2, 0.25) is 5.91 Å².